The van der Waals surface area contributed by atoms with Gasteiger partial charge in [-0.2, -0.15) is 4.52 Å². The van der Waals surface area contributed by atoms with Crippen molar-refractivity contribution in [2.24, 2.45) is 0 Å². The minimum absolute atomic E-state index is 0.171. The molecule has 0 aliphatic carbocycles. The second-order valence-corrected chi connectivity index (χ2v) is 13.7. The van der Waals surface area contributed by atoms with E-state index in [1.807, 2.05) is 71.3 Å². The average Bonchev–Trinajstić information content (AvgIpc) is 3.67. The molecular formula is C31H31N5O5PS2+. The quantitative estimate of drug-likeness (QED) is 0.103. The molecule has 0 bridgehead atoms. The number of aromatic nitrogens is 4. The minimum Gasteiger partial charge on any atom is -0.497 e. The monoisotopic (exact) mass is 648 g/mol. The van der Waals surface area contributed by atoms with Gasteiger partial charge in [0.15, 0.2) is 11.5 Å². The summed E-state index contributed by atoms with van der Waals surface area (Å²) in [6.07, 6.45) is 0.835. The first-order chi connectivity index (χ1) is 21.4. The zero-order chi connectivity index (χ0) is 30.7. The molecule has 1 saturated heterocycles. The van der Waals surface area contributed by atoms with Crippen LogP contribution in [0.2, 0.25) is 0 Å². The molecule has 5 aromatic rings. The summed E-state index contributed by atoms with van der Waals surface area (Å²) in [5.74, 6) is 1.78. The molecule has 1 fully saturated rings. The van der Waals surface area contributed by atoms with Crippen molar-refractivity contribution in [3.8, 4) is 11.5 Å². The molecule has 2 N–H and O–H groups in total. The van der Waals surface area contributed by atoms with E-state index in [-0.39, 0.29) is 6.61 Å². The van der Waals surface area contributed by atoms with Crippen molar-refractivity contribution in [1.29, 1.82) is 0 Å². The van der Waals surface area contributed by atoms with Crippen LogP contribution in [0.5, 0.6) is 11.5 Å². The summed E-state index contributed by atoms with van der Waals surface area (Å²) in [4.78, 5) is 12.9. The molecule has 4 atom stereocenters. The molecule has 44 heavy (non-hydrogen) atoms. The third-order valence-electron chi connectivity index (χ3n) is 7.74. The number of fused-ring (bicyclic) bond motifs is 1. The topological polar surface area (TPSA) is 116 Å². The molecule has 226 valence electrons. The first-order valence-electron chi connectivity index (χ1n) is 13.8. The van der Waals surface area contributed by atoms with Crippen LogP contribution in [0.15, 0.2) is 91.5 Å². The van der Waals surface area contributed by atoms with Crippen LogP contribution in [0, 0.1) is 0 Å². The molecule has 6 rings (SSSR count). The Morgan fingerprint density at radius 3 is 2.14 bits per heavy atom. The van der Waals surface area contributed by atoms with Gasteiger partial charge in [0, 0.05) is 6.42 Å². The first-order valence-corrected chi connectivity index (χ1v) is 17.3. The number of anilines is 1. The van der Waals surface area contributed by atoms with E-state index in [2.05, 4.69) is 39.3 Å². The summed E-state index contributed by atoms with van der Waals surface area (Å²) in [5.41, 5.74) is 8.86. The van der Waals surface area contributed by atoms with Gasteiger partial charge in [-0.1, -0.05) is 54.6 Å². The lowest BCUT2D eigenvalue weighted by Gasteiger charge is -2.37. The summed E-state index contributed by atoms with van der Waals surface area (Å²) in [7, 11) is 3.29. The second-order valence-electron chi connectivity index (χ2n) is 10.1. The molecule has 3 aromatic carbocycles. The molecule has 0 spiro atoms. The Kier molecular flexibility index (Phi) is 9.08. The number of rotatable bonds is 11. The lowest BCUT2D eigenvalue weighted by Crippen LogP contribution is -2.38. The van der Waals surface area contributed by atoms with E-state index in [4.69, 9.17) is 41.0 Å². The van der Waals surface area contributed by atoms with Crippen LogP contribution in [-0.2, 0) is 31.4 Å². The maximum Gasteiger partial charge on any atom is 0.411 e. The first kappa shape index (κ1) is 30.4. The van der Waals surface area contributed by atoms with Crippen LogP contribution in [-0.4, -0.2) is 52.6 Å². The van der Waals surface area contributed by atoms with Gasteiger partial charge >= 0.3 is 6.13 Å². The maximum absolute atomic E-state index is 7.09. The Bertz CT molecular complexity index is 1690. The average molecular weight is 649 g/mol. The largest absolute Gasteiger partial charge is 0.497 e. The van der Waals surface area contributed by atoms with Crippen molar-refractivity contribution < 1.29 is 23.5 Å². The van der Waals surface area contributed by atoms with Crippen LogP contribution >= 0.6 is 18.4 Å². The van der Waals surface area contributed by atoms with Crippen LogP contribution < -0.4 is 15.2 Å². The van der Waals surface area contributed by atoms with Crippen LogP contribution in [0.1, 0.15) is 29.3 Å². The van der Waals surface area contributed by atoms with E-state index in [1.54, 1.807) is 20.5 Å². The summed E-state index contributed by atoms with van der Waals surface area (Å²) in [6.45, 7) is 0.171. The summed E-state index contributed by atoms with van der Waals surface area (Å²) < 4.78 is 32.6. The fourth-order valence-electron chi connectivity index (χ4n) is 5.61. The predicted octanol–water partition coefficient (Wildman–Crippen LogP) is 5.81. The third kappa shape index (κ3) is 5.89. The molecule has 0 amide bonds. The highest BCUT2D eigenvalue weighted by Gasteiger charge is 2.45. The van der Waals surface area contributed by atoms with E-state index >= 15 is 0 Å². The molecule has 10 nitrogen and oxygen atoms in total. The van der Waals surface area contributed by atoms with Crippen LogP contribution in [0.4, 0.5) is 5.82 Å². The SMILES string of the molecule is COc1ccc(C(OC[C@H]2O[C@@H](n3cnc4c(N)ncnc43)C[C@@H]2O[P+](=S)S)(c2ccccc2)c2ccc(OC)cc2)cc1. The molecule has 1 aliphatic heterocycles. The number of imidazole rings is 1. The fraction of sp³-hybridized carbons (Fsp3) is 0.258. The molecule has 0 radical (unpaired) electrons. The molecule has 13 heteroatoms. The van der Waals surface area contributed by atoms with Gasteiger partial charge in [0.05, 0.1) is 27.2 Å². The van der Waals surface area contributed by atoms with Gasteiger partial charge in [-0.05, 0) is 41.0 Å². The normalized spacial score (nSPS) is 18.8. The zero-order valence-corrected chi connectivity index (χ0v) is 26.6. The Labute approximate surface area is 266 Å². The lowest BCUT2D eigenvalue weighted by atomic mass is 9.80. The smallest absolute Gasteiger partial charge is 0.411 e. The minimum atomic E-state index is -1.39. The van der Waals surface area contributed by atoms with E-state index in [1.165, 1.54) is 6.33 Å². The van der Waals surface area contributed by atoms with Crippen LogP contribution in [0.25, 0.3) is 11.2 Å². The molecule has 1 unspecified atom stereocenters. The molecule has 1 aliphatic rings. The molecule has 2 aromatic heterocycles. The van der Waals surface area contributed by atoms with E-state index < -0.39 is 30.2 Å². The van der Waals surface area contributed by atoms with Gasteiger partial charge in [0.1, 0.15) is 59.6 Å². The van der Waals surface area contributed by atoms with Crippen molar-refractivity contribution in [2.45, 2.75) is 30.5 Å². The Morgan fingerprint density at radius 1 is 0.932 bits per heavy atom. The predicted molar refractivity (Wildman–Crippen MR) is 175 cm³/mol. The molecular weight excluding hydrogens is 617 g/mol. The van der Waals surface area contributed by atoms with Crippen molar-refractivity contribution in [1.82, 2.24) is 19.5 Å². The zero-order valence-electron chi connectivity index (χ0n) is 24.0. The number of hydrogen-bond acceptors (Lipinski definition) is 10. The highest BCUT2D eigenvalue weighted by Crippen LogP contribution is 2.44. The lowest BCUT2D eigenvalue weighted by molar-refractivity contribution is -0.0890. The Balaban J connectivity index is 1.40. The number of ether oxygens (including phenoxy) is 4. The van der Waals surface area contributed by atoms with Crippen molar-refractivity contribution in [2.75, 3.05) is 26.6 Å². The van der Waals surface area contributed by atoms with Gasteiger partial charge in [0.25, 0.3) is 0 Å². The number of hydrogen-bond donors (Lipinski definition) is 2. The maximum atomic E-state index is 7.09. The summed E-state index contributed by atoms with van der Waals surface area (Å²) in [6, 6.07) is 25.9. The highest BCUT2D eigenvalue weighted by atomic mass is 32.9. The standard InChI is InChI=1S/C31H30N5O5PS2/c1-37-23-12-8-21(9-13-23)31(20-6-4-3-5-7-20,22-10-14-24(38-2)15-11-22)39-17-26-25(41-42(43)44)16-27(40-26)36-19-35-28-29(32)33-18-34-30(28)36/h3-15,18-19,25-27H,16-17H2,1-2H3,(H2-,32,33,34,43,44)/p+1/t25-,26+,27+/m0/s1. The van der Waals surface area contributed by atoms with Crippen LogP contribution in [0.3, 0.4) is 0 Å². The number of nitrogens with zero attached hydrogens (tertiary/aromatic N) is 4. The number of methoxy groups -OCH3 is 2. The van der Waals surface area contributed by atoms with Gasteiger partial charge in [-0.15, -0.1) is 0 Å². The number of thiol groups is 1. The molecule has 0 saturated carbocycles. The Hall–Kier alpha value is -3.64. The Morgan fingerprint density at radius 2 is 1.55 bits per heavy atom. The van der Waals surface area contributed by atoms with Gasteiger partial charge in [0.2, 0.25) is 11.8 Å². The highest BCUT2D eigenvalue weighted by molar-refractivity contribution is 8.54. The van der Waals surface area contributed by atoms with E-state index in [9.17, 15) is 0 Å². The van der Waals surface area contributed by atoms with E-state index in [0.29, 0.717) is 23.4 Å². The summed E-state index contributed by atoms with van der Waals surface area (Å²) in [5, 5.41) is 0. The fourth-order valence-corrected chi connectivity index (χ4v) is 6.76. The second kappa shape index (κ2) is 13.2. The summed E-state index contributed by atoms with van der Waals surface area (Å²) >= 11 is 9.77. The van der Waals surface area contributed by atoms with Gasteiger partial charge in [-0.25, -0.2) is 15.0 Å². The third-order valence-corrected chi connectivity index (χ3v) is 8.73. The number of benzene rings is 3. The number of nitrogen functional groups attached to an aromatic ring is 1. The van der Waals surface area contributed by atoms with E-state index in [0.717, 1.165) is 28.2 Å². The van der Waals surface area contributed by atoms with Gasteiger partial charge in [-0.3, -0.25) is 4.57 Å². The molecule has 3 heterocycles. The van der Waals surface area contributed by atoms with Crippen molar-refractivity contribution in [3.63, 3.8) is 0 Å². The van der Waals surface area contributed by atoms with Gasteiger partial charge < -0.3 is 24.7 Å². The number of nitrogens with two attached hydrogens (primary N) is 1. The van der Waals surface area contributed by atoms with Crippen molar-refractivity contribution >= 4 is 47.2 Å². The van der Waals surface area contributed by atoms with Crippen molar-refractivity contribution in [3.05, 3.63) is 108 Å².